The van der Waals surface area contributed by atoms with E-state index < -0.39 is 6.10 Å². The number of amides is 1. The second-order valence-electron chi connectivity index (χ2n) is 4.99. The van der Waals surface area contributed by atoms with E-state index in [9.17, 15) is 9.90 Å². The maximum absolute atomic E-state index is 12.2. The molecule has 0 aromatic rings. The monoisotopic (exact) mass is 227 g/mol. The highest BCUT2D eigenvalue weighted by atomic mass is 16.3. The lowest BCUT2D eigenvalue weighted by Gasteiger charge is -2.28. The summed E-state index contributed by atoms with van der Waals surface area (Å²) >= 11 is 0. The van der Waals surface area contributed by atoms with Crippen molar-refractivity contribution < 1.29 is 9.90 Å². The molecule has 0 bridgehead atoms. The molecule has 2 rings (SSSR count). The number of carbonyl (C=O) groups excluding carboxylic acids is 1. The minimum atomic E-state index is -0.423. The number of aliphatic hydroxyl groups excluding tert-OH is 1. The molecule has 16 heavy (non-hydrogen) atoms. The number of nitrogens with one attached hydrogen (secondary N) is 1. The van der Waals surface area contributed by atoms with Crippen molar-refractivity contribution in [3.8, 4) is 0 Å². The normalized spacial score (nSPS) is 35.6. The van der Waals surface area contributed by atoms with Gasteiger partial charge < -0.3 is 20.2 Å². The Kier molecular flexibility index (Phi) is 3.47. The Bertz CT molecular complexity index is 272. The lowest BCUT2D eigenvalue weighted by molar-refractivity contribution is -0.137. The van der Waals surface area contributed by atoms with Crippen LogP contribution in [0.4, 0.5) is 0 Å². The summed E-state index contributed by atoms with van der Waals surface area (Å²) in [6.45, 7) is 3.13. The Morgan fingerprint density at radius 2 is 2.25 bits per heavy atom. The maximum Gasteiger partial charge on any atom is 0.227 e. The number of likely N-dealkylation sites (tertiary alicyclic amines) is 1. The van der Waals surface area contributed by atoms with E-state index in [0.29, 0.717) is 13.1 Å². The molecule has 2 fully saturated rings. The Balaban J connectivity index is 1.93. The highest BCUT2D eigenvalue weighted by Gasteiger charge is 2.35. The van der Waals surface area contributed by atoms with Crippen molar-refractivity contribution in [2.24, 2.45) is 5.92 Å². The molecule has 5 nitrogen and oxygen atoms in total. The average Bonchev–Trinajstić information content (AvgIpc) is 2.85. The third kappa shape index (κ3) is 2.21. The van der Waals surface area contributed by atoms with Gasteiger partial charge in [0.15, 0.2) is 0 Å². The summed E-state index contributed by atoms with van der Waals surface area (Å²) in [5, 5.41) is 12.8. The van der Waals surface area contributed by atoms with Gasteiger partial charge in [-0.1, -0.05) is 0 Å². The molecule has 2 heterocycles. The molecule has 0 radical (unpaired) electrons. The van der Waals surface area contributed by atoms with Crippen molar-refractivity contribution in [2.75, 3.05) is 40.3 Å². The van der Waals surface area contributed by atoms with Gasteiger partial charge in [-0.05, 0) is 20.0 Å². The van der Waals surface area contributed by atoms with Crippen LogP contribution in [-0.2, 0) is 4.79 Å². The molecule has 0 saturated carbocycles. The molecule has 3 atom stereocenters. The fourth-order valence-electron chi connectivity index (χ4n) is 2.63. The first-order valence-electron chi connectivity index (χ1n) is 5.93. The van der Waals surface area contributed by atoms with E-state index in [-0.39, 0.29) is 17.9 Å². The van der Waals surface area contributed by atoms with E-state index in [1.807, 2.05) is 14.1 Å². The molecule has 0 aromatic heterocycles. The van der Waals surface area contributed by atoms with Crippen LogP contribution < -0.4 is 5.32 Å². The van der Waals surface area contributed by atoms with Gasteiger partial charge >= 0.3 is 0 Å². The van der Waals surface area contributed by atoms with Gasteiger partial charge in [0, 0.05) is 26.7 Å². The maximum atomic E-state index is 12.2. The van der Waals surface area contributed by atoms with E-state index in [0.717, 1.165) is 19.5 Å². The van der Waals surface area contributed by atoms with Gasteiger partial charge in [-0.25, -0.2) is 0 Å². The summed E-state index contributed by atoms with van der Waals surface area (Å²) < 4.78 is 0. The third-order valence-corrected chi connectivity index (χ3v) is 3.74. The summed E-state index contributed by atoms with van der Waals surface area (Å²) in [6.07, 6.45) is 0.517. The smallest absolute Gasteiger partial charge is 0.227 e. The van der Waals surface area contributed by atoms with Crippen molar-refractivity contribution in [1.29, 1.82) is 0 Å². The van der Waals surface area contributed by atoms with Gasteiger partial charge in [0.05, 0.1) is 18.1 Å². The van der Waals surface area contributed by atoms with Crippen molar-refractivity contribution in [3.63, 3.8) is 0 Å². The van der Waals surface area contributed by atoms with Crippen LogP contribution in [0.15, 0.2) is 0 Å². The standard InChI is InChI=1S/C11H21N3O2/c1-13-4-3-8(7-13)11(16)14(2)9-5-12-6-10(9)15/h8-10,12,15H,3-7H2,1-2H3/t8?,9-,10-/m0/s1. The molecule has 92 valence electrons. The lowest BCUT2D eigenvalue weighted by Crippen LogP contribution is -2.47. The number of rotatable bonds is 2. The quantitative estimate of drug-likeness (QED) is 0.617. The van der Waals surface area contributed by atoms with Crippen LogP contribution in [0.2, 0.25) is 0 Å². The minimum absolute atomic E-state index is 0.0570. The van der Waals surface area contributed by atoms with Crippen LogP contribution in [0.3, 0.4) is 0 Å². The SMILES string of the molecule is CN1CCC(C(=O)N(C)[C@H]2CNC[C@@H]2O)C1. The Morgan fingerprint density at radius 3 is 2.75 bits per heavy atom. The highest BCUT2D eigenvalue weighted by Crippen LogP contribution is 2.19. The second kappa shape index (κ2) is 4.69. The molecule has 0 spiro atoms. The zero-order chi connectivity index (χ0) is 11.7. The van der Waals surface area contributed by atoms with Gasteiger partial charge in [0.25, 0.3) is 0 Å². The van der Waals surface area contributed by atoms with E-state index in [1.54, 1.807) is 4.90 Å². The molecule has 5 heteroatoms. The fraction of sp³-hybridized carbons (Fsp3) is 0.909. The molecule has 2 N–H and O–H groups in total. The van der Waals surface area contributed by atoms with Crippen molar-refractivity contribution >= 4 is 5.91 Å². The Hall–Kier alpha value is -0.650. The zero-order valence-corrected chi connectivity index (χ0v) is 10.0. The highest BCUT2D eigenvalue weighted by molar-refractivity contribution is 5.79. The molecule has 2 saturated heterocycles. The molecule has 0 aromatic carbocycles. The predicted octanol–water partition coefficient (Wildman–Crippen LogP) is -1.27. The number of hydrogen-bond acceptors (Lipinski definition) is 4. The van der Waals surface area contributed by atoms with Crippen molar-refractivity contribution in [3.05, 3.63) is 0 Å². The van der Waals surface area contributed by atoms with Crippen LogP contribution in [0.25, 0.3) is 0 Å². The van der Waals surface area contributed by atoms with E-state index in [4.69, 9.17) is 0 Å². The Morgan fingerprint density at radius 1 is 1.50 bits per heavy atom. The lowest BCUT2D eigenvalue weighted by atomic mass is 10.1. The number of carbonyl (C=O) groups is 1. The summed E-state index contributed by atoms with van der Waals surface area (Å²) in [5.41, 5.74) is 0. The molecular weight excluding hydrogens is 206 g/mol. The summed E-state index contributed by atoms with van der Waals surface area (Å²) in [4.78, 5) is 16.1. The van der Waals surface area contributed by atoms with Crippen molar-refractivity contribution in [2.45, 2.75) is 18.6 Å². The van der Waals surface area contributed by atoms with Crippen molar-refractivity contribution in [1.82, 2.24) is 15.1 Å². The molecular formula is C11H21N3O2. The number of nitrogens with zero attached hydrogens (tertiary/aromatic N) is 2. The van der Waals surface area contributed by atoms with Gasteiger partial charge in [-0.2, -0.15) is 0 Å². The number of β-amino-alcohol motifs (C(OH)–C–C–N with tert-alkyl or cyclic N) is 1. The number of likely N-dealkylation sites (N-methyl/N-ethyl adjacent to an activating group) is 1. The van der Waals surface area contributed by atoms with Crippen LogP contribution >= 0.6 is 0 Å². The fourth-order valence-corrected chi connectivity index (χ4v) is 2.63. The second-order valence-corrected chi connectivity index (χ2v) is 4.99. The van der Waals surface area contributed by atoms with Crippen LogP contribution in [0.1, 0.15) is 6.42 Å². The van der Waals surface area contributed by atoms with Gasteiger partial charge in [0.1, 0.15) is 0 Å². The van der Waals surface area contributed by atoms with Crippen LogP contribution in [-0.4, -0.2) is 73.2 Å². The largest absolute Gasteiger partial charge is 0.390 e. The summed E-state index contributed by atoms with van der Waals surface area (Å²) in [5.74, 6) is 0.292. The first-order chi connectivity index (χ1) is 7.59. The first-order valence-corrected chi connectivity index (χ1v) is 5.93. The molecule has 2 aliphatic heterocycles. The van der Waals surface area contributed by atoms with Gasteiger partial charge in [0.2, 0.25) is 5.91 Å². The van der Waals surface area contributed by atoms with Crippen LogP contribution in [0, 0.1) is 5.92 Å². The van der Waals surface area contributed by atoms with Gasteiger partial charge in [-0.15, -0.1) is 0 Å². The topological polar surface area (TPSA) is 55.8 Å². The molecule has 0 aliphatic carbocycles. The summed E-state index contributed by atoms with van der Waals surface area (Å²) in [6, 6.07) is -0.0570. The summed E-state index contributed by atoms with van der Waals surface area (Å²) in [7, 11) is 3.85. The average molecular weight is 227 g/mol. The predicted molar refractivity (Wildman–Crippen MR) is 61.0 cm³/mol. The van der Waals surface area contributed by atoms with Gasteiger partial charge in [-0.3, -0.25) is 4.79 Å². The molecule has 1 unspecified atom stereocenters. The number of aliphatic hydroxyl groups is 1. The zero-order valence-electron chi connectivity index (χ0n) is 10.0. The number of hydrogen-bond donors (Lipinski definition) is 2. The van der Waals surface area contributed by atoms with Crippen LogP contribution in [0.5, 0.6) is 0 Å². The van der Waals surface area contributed by atoms with E-state index >= 15 is 0 Å². The molecule has 2 aliphatic rings. The Labute approximate surface area is 96.4 Å². The third-order valence-electron chi connectivity index (χ3n) is 3.74. The van der Waals surface area contributed by atoms with E-state index in [1.165, 1.54) is 0 Å². The molecule has 1 amide bonds. The van der Waals surface area contributed by atoms with E-state index in [2.05, 4.69) is 10.2 Å². The minimum Gasteiger partial charge on any atom is -0.390 e. The first kappa shape index (κ1) is 11.8.